The Labute approximate surface area is 202 Å². The first kappa shape index (κ1) is 23.3. The SMILES string of the molecule is CC(=O)N1CC(C(=O)N2CC(c3ccc(Cl)c(Cl)c3)C(C(C)Oc3ccc(C#N)cn3)C2)C1. The molecule has 2 fully saturated rings. The lowest BCUT2D eigenvalue weighted by Gasteiger charge is -2.39. The average Bonchev–Trinajstić information content (AvgIpc) is 3.20. The fourth-order valence-electron chi connectivity index (χ4n) is 4.52. The van der Waals surface area contributed by atoms with Gasteiger partial charge < -0.3 is 14.5 Å². The number of ether oxygens (including phenoxy) is 1. The largest absolute Gasteiger partial charge is 0.474 e. The fourth-order valence-corrected chi connectivity index (χ4v) is 4.83. The van der Waals surface area contributed by atoms with E-state index in [1.54, 1.807) is 23.1 Å². The summed E-state index contributed by atoms with van der Waals surface area (Å²) in [6.45, 7) is 5.47. The molecule has 4 rings (SSSR count). The summed E-state index contributed by atoms with van der Waals surface area (Å²) in [6, 6.07) is 10.9. The molecule has 3 heterocycles. The highest BCUT2D eigenvalue weighted by atomic mass is 35.5. The van der Waals surface area contributed by atoms with Gasteiger partial charge in [0.15, 0.2) is 0 Å². The first-order valence-electron chi connectivity index (χ1n) is 10.8. The van der Waals surface area contributed by atoms with Gasteiger partial charge in [-0.3, -0.25) is 9.59 Å². The number of hydrogen-bond donors (Lipinski definition) is 0. The van der Waals surface area contributed by atoms with Crippen LogP contribution in [-0.2, 0) is 9.59 Å². The Balaban J connectivity index is 1.53. The van der Waals surface area contributed by atoms with Crippen LogP contribution in [-0.4, -0.2) is 58.9 Å². The van der Waals surface area contributed by atoms with E-state index in [0.29, 0.717) is 47.7 Å². The zero-order chi connectivity index (χ0) is 23.7. The molecule has 0 aliphatic carbocycles. The van der Waals surface area contributed by atoms with Gasteiger partial charge in [0, 0.05) is 57.2 Å². The van der Waals surface area contributed by atoms with E-state index in [2.05, 4.69) is 4.98 Å². The molecule has 3 unspecified atom stereocenters. The normalized spacial score (nSPS) is 21.3. The Morgan fingerprint density at radius 3 is 2.48 bits per heavy atom. The molecule has 9 heteroatoms. The van der Waals surface area contributed by atoms with Gasteiger partial charge in [-0.15, -0.1) is 0 Å². The number of nitriles is 1. The molecule has 1 aromatic carbocycles. The quantitative estimate of drug-likeness (QED) is 0.642. The lowest BCUT2D eigenvalue weighted by atomic mass is 9.86. The maximum absolute atomic E-state index is 13.1. The minimum absolute atomic E-state index is 0.00100. The van der Waals surface area contributed by atoms with E-state index in [1.165, 1.54) is 13.1 Å². The number of rotatable bonds is 5. The van der Waals surface area contributed by atoms with Crippen molar-refractivity contribution in [1.29, 1.82) is 5.26 Å². The standard InChI is InChI=1S/C24H24Cl2N4O3/c1-14(33-23-6-3-16(8-27)9-28-23)19-12-30(24(32)18-10-29(11-18)15(2)31)13-20(19)17-4-5-21(25)22(26)7-17/h3-7,9,14,18-20H,10-13H2,1-2H3. The molecule has 2 amide bonds. The molecule has 7 nitrogen and oxygen atoms in total. The molecule has 0 spiro atoms. The zero-order valence-corrected chi connectivity index (χ0v) is 19.9. The molecule has 1 aromatic heterocycles. The van der Waals surface area contributed by atoms with Gasteiger partial charge in [-0.1, -0.05) is 29.3 Å². The molecule has 2 aromatic rings. The number of halogens is 2. The van der Waals surface area contributed by atoms with Crippen molar-refractivity contribution in [3.8, 4) is 11.9 Å². The number of aromatic nitrogens is 1. The Hall–Kier alpha value is -2.82. The summed E-state index contributed by atoms with van der Waals surface area (Å²) in [5.41, 5.74) is 1.45. The maximum atomic E-state index is 13.1. The van der Waals surface area contributed by atoms with Crippen LogP contribution in [0.5, 0.6) is 5.88 Å². The minimum atomic E-state index is -0.252. The summed E-state index contributed by atoms with van der Waals surface area (Å²) in [5, 5.41) is 9.92. The van der Waals surface area contributed by atoms with Crippen molar-refractivity contribution < 1.29 is 14.3 Å². The van der Waals surface area contributed by atoms with Gasteiger partial charge in [-0.2, -0.15) is 5.26 Å². The highest BCUT2D eigenvalue weighted by Gasteiger charge is 2.44. The second-order valence-electron chi connectivity index (χ2n) is 8.63. The molecule has 0 N–H and O–H groups in total. The first-order chi connectivity index (χ1) is 15.8. The van der Waals surface area contributed by atoms with E-state index in [0.717, 1.165) is 5.56 Å². The number of likely N-dealkylation sites (tertiary alicyclic amines) is 2. The van der Waals surface area contributed by atoms with Crippen molar-refractivity contribution in [1.82, 2.24) is 14.8 Å². The van der Waals surface area contributed by atoms with Crippen LogP contribution in [0.25, 0.3) is 0 Å². The molecule has 0 bridgehead atoms. The predicted octanol–water partition coefficient (Wildman–Crippen LogP) is 3.75. The lowest BCUT2D eigenvalue weighted by molar-refractivity contribution is -0.146. The predicted molar refractivity (Wildman–Crippen MR) is 124 cm³/mol. The number of nitrogens with zero attached hydrogens (tertiary/aromatic N) is 4. The van der Waals surface area contributed by atoms with E-state index < -0.39 is 0 Å². The van der Waals surface area contributed by atoms with Gasteiger partial charge in [-0.25, -0.2) is 4.98 Å². The molecule has 2 aliphatic heterocycles. The van der Waals surface area contributed by atoms with Gasteiger partial charge in [0.1, 0.15) is 12.2 Å². The summed E-state index contributed by atoms with van der Waals surface area (Å²) in [4.78, 5) is 32.4. The highest BCUT2D eigenvalue weighted by molar-refractivity contribution is 6.42. The Morgan fingerprint density at radius 1 is 1.12 bits per heavy atom. The van der Waals surface area contributed by atoms with Crippen LogP contribution in [0.2, 0.25) is 10.0 Å². The van der Waals surface area contributed by atoms with E-state index in [9.17, 15) is 9.59 Å². The van der Waals surface area contributed by atoms with Gasteiger partial charge in [-0.05, 0) is 30.7 Å². The Morgan fingerprint density at radius 2 is 1.88 bits per heavy atom. The summed E-state index contributed by atoms with van der Waals surface area (Å²) < 4.78 is 6.11. The average molecular weight is 487 g/mol. The molecule has 2 aliphatic rings. The van der Waals surface area contributed by atoms with Crippen LogP contribution in [0.1, 0.15) is 30.9 Å². The topological polar surface area (TPSA) is 86.5 Å². The third-order valence-electron chi connectivity index (χ3n) is 6.50. The van der Waals surface area contributed by atoms with E-state index in [4.69, 9.17) is 33.2 Å². The third kappa shape index (κ3) is 4.92. The number of benzene rings is 1. The number of hydrogen-bond acceptors (Lipinski definition) is 5. The van der Waals surface area contributed by atoms with Crippen LogP contribution in [0.3, 0.4) is 0 Å². The van der Waals surface area contributed by atoms with Crippen LogP contribution in [0, 0.1) is 23.2 Å². The fraction of sp³-hybridized carbons (Fsp3) is 0.417. The summed E-state index contributed by atoms with van der Waals surface area (Å²) >= 11 is 12.4. The first-order valence-corrected chi connectivity index (χ1v) is 11.5. The van der Waals surface area contributed by atoms with Gasteiger partial charge >= 0.3 is 0 Å². The molecule has 0 radical (unpaired) electrons. The Bertz CT molecular complexity index is 1100. The van der Waals surface area contributed by atoms with Crippen molar-refractivity contribution in [2.24, 2.45) is 11.8 Å². The van der Waals surface area contributed by atoms with Crippen molar-refractivity contribution >= 4 is 35.0 Å². The van der Waals surface area contributed by atoms with E-state index in [1.807, 2.05) is 30.0 Å². The number of carbonyl (C=O) groups excluding carboxylic acids is 2. The van der Waals surface area contributed by atoms with Crippen molar-refractivity contribution in [2.45, 2.75) is 25.9 Å². The number of amides is 2. The summed E-state index contributed by atoms with van der Waals surface area (Å²) in [6.07, 6.45) is 1.22. The second-order valence-corrected chi connectivity index (χ2v) is 9.44. The summed E-state index contributed by atoms with van der Waals surface area (Å²) in [5.74, 6) is 0.301. The molecular formula is C24H24Cl2N4O3. The number of carbonyl (C=O) groups is 2. The minimum Gasteiger partial charge on any atom is -0.474 e. The lowest BCUT2D eigenvalue weighted by Crippen LogP contribution is -2.55. The zero-order valence-electron chi connectivity index (χ0n) is 18.4. The van der Waals surface area contributed by atoms with Crippen molar-refractivity contribution in [3.05, 3.63) is 57.7 Å². The van der Waals surface area contributed by atoms with Crippen LogP contribution in [0.4, 0.5) is 0 Å². The van der Waals surface area contributed by atoms with Crippen molar-refractivity contribution in [3.63, 3.8) is 0 Å². The van der Waals surface area contributed by atoms with Gasteiger partial charge in [0.05, 0.1) is 21.5 Å². The number of pyridine rings is 1. The molecule has 2 saturated heterocycles. The summed E-state index contributed by atoms with van der Waals surface area (Å²) in [7, 11) is 0. The van der Waals surface area contributed by atoms with Crippen LogP contribution >= 0.6 is 23.2 Å². The van der Waals surface area contributed by atoms with Gasteiger partial charge in [0.25, 0.3) is 0 Å². The highest BCUT2D eigenvalue weighted by Crippen LogP contribution is 2.39. The van der Waals surface area contributed by atoms with Gasteiger partial charge in [0.2, 0.25) is 17.7 Å². The monoisotopic (exact) mass is 486 g/mol. The third-order valence-corrected chi connectivity index (χ3v) is 7.24. The van der Waals surface area contributed by atoms with Crippen LogP contribution < -0.4 is 4.74 Å². The molecular weight excluding hydrogens is 463 g/mol. The second kappa shape index (κ2) is 9.58. The maximum Gasteiger partial charge on any atom is 0.229 e. The molecule has 172 valence electrons. The molecule has 33 heavy (non-hydrogen) atoms. The van der Waals surface area contributed by atoms with Crippen LogP contribution in [0.15, 0.2) is 36.5 Å². The van der Waals surface area contributed by atoms with Crippen molar-refractivity contribution in [2.75, 3.05) is 26.2 Å². The molecule has 0 saturated carbocycles. The molecule has 3 atom stereocenters. The Kier molecular flexibility index (Phi) is 6.78. The van der Waals surface area contributed by atoms with E-state index in [-0.39, 0.29) is 35.7 Å². The smallest absolute Gasteiger partial charge is 0.229 e. The van der Waals surface area contributed by atoms with E-state index >= 15 is 0 Å².